The Labute approximate surface area is 128 Å². The van der Waals surface area contributed by atoms with Crippen LogP contribution in [0.2, 0.25) is 0 Å². The maximum Gasteiger partial charge on any atom is 0.306 e. The molecule has 0 aliphatic carbocycles. The van der Waals surface area contributed by atoms with Gasteiger partial charge in [0.1, 0.15) is 5.69 Å². The highest BCUT2D eigenvalue weighted by Gasteiger charge is 2.13. The first-order chi connectivity index (χ1) is 10.1. The molecule has 0 bridgehead atoms. The molecule has 0 radical (unpaired) electrons. The van der Waals surface area contributed by atoms with Crippen LogP contribution in [-0.4, -0.2) is 30.3 Å². The van der Waals surface area contributed by atoms with Crippen LogP contribution < -0.4 is 5.32 Å². The van der Waals surface area contributed by atoms with Crippen molar-refractivity contribution >= 4 is 29.1 Å². The molecular weight excluding hydrogens is 292 g/mol. The minimum atomic E-state index is -0.383. The zero-order valence-electron chi connectivity index (χ0n) is 12.3. The van der Waals surface area contributed by atoms with Crippen LogP contribution in [0.4, 0.5) is 11.4 Å². The van der Waals surface area contributed by atoms with Gasteiger partial charge in [-0.2, -0.15) is 11.8 Å². The number of anilines is 1. The van der Waals surface area contributed by atoms with E-state index in [1.54, 1.807) is 23.9 Å². The molecule has 0 aromatic heterocycles. The SMILES string of the molecule is CCCNc1cc(CSCCC(=O)OC)ccc1[N+](=O)[O-]. The number of nitro benzene ring substituents is 1. The van der Waals surface area contributed by atoms with Gasteiger partial charge < -0.3 is 10.1 Å². The van der Waals surface area contributed by atoms with E-state index in [-0.39, 0.29) is 16.6 Å². The Morgan fingerprint density at radius 1 is 1.48 bits per heavy atom. The molecule has 116 valence electrons. The number of ether oxygens (including phenoxy) is 1. The maximum atomic E-state index is 11.0. The molecule has 1 aromatic carbocycles. The highest BCUT2D eigenvalue weighted by atomic mass is 32.2. The Bertz CT molecular complexity index is 494. The van der Waals surface area contributed by atoms with Gasteiger partial charge in [-0.05, 0) is 18.1 Å². The fraction of sp³-hybridized carbons (Fsp3) is 0.500. The summed E-state index contributed by atoms with van der Waals surface area (Å²) in [5.41, 5.74) is 1.63. The van der Waals surface area contributed by atoms with Crippen LogP contribution in [0.5, 0.6) is 0 Å². The molecule has 7 heteroatoms. The zero-order valence-corrected chi connectivity index (χ0v) is 13.1. The van der Waals surface area contributed by atoms with E-state index >= 15 is 0 Å². The first-order valence-corrected chi connectivity index (χ1v) is 7.89. The molecule has 0 spiro atoms. The number of nitro groups is 1. The third kappa shape index (κ3) is 6.03. The molecule has 0 aliphatic rings. The van der Waals surface area contributed by atoms with E-state index in [0.717, 1.165) is 12.0 Å². The van der Waals surface area contributed by atoms with Crippen LogP contribution in [-0.2, 0) is 15.3 Å². The van der Waals surface area contributed by atoms with Gasteiger partial charge in [0.05, 0.1) is 18.5 Å². The lowest BCUT2D eigenvalue weighted by atomic mass is 10.2. The molecular formula is C14H20N2O4S. The smallest absolute Gasteiger partial charge is 0.306 e. The lowest BCUT2D eigenvalue weighted by molar-refractivity contribution is -0.384. The lowest BCUT2D eigenvalue weighted by Gasteiger charge is -2.08. The maximum absolute atomic E-state index is 11.0. The number of carbonyl (C=O) groups excluding carboxylic acids is 1. The molecule has 0 unspecified atom stereocenters. The summed E-state index contributed by atoms with van der Waals surface area (Å²) in [4.78, 5) is 21.6. The fourth-order valence-corrected chi connectivity index (χ4v) is 2.55. The molecule has 0 amide bonds. The molecule has 6 nitrogen and oxygen atoms in total. The Balaban J connectivity index is 2.62. The highest BCUT2D eigenvalue weighted by Crippen LogP contribution is 2.27. The number of thioether (sulfide) groups is 1. The van der Waals surface area contributed by atoms with Gasteiger partial charge in [0, 0.05) is 24.1 Å². The van der Waals surface area contributed by atoms with Crippen molar-refractivity contribution in [1.82, 2.24) is 0 Å². The number of benzene rings is 1. The molecule has 0 fully saturated rings. The Morgan fingerprint density at radius 3 is 2.86 bits per heavy atom. The number of hydrogen-bond acceptors (Lipinski definition) is 6. The second kappa shape index (κ2) is 9.23. The van der Waals surface area contributed by atoms with Crippen LogP contribution in [0.15, 0.2) is 18.2 Å². The predicted molar refractivity (Wildman–Crippen MR) is 84.7 cm³/mol. The first-order valence-electron chi connectivity index (χ1n) is 6.74. The highest BCUT2D eigenvalue weighted by molar-refractivity contribution is 7.98. The summed E-state index contributed by atoms with van der Waals surface area (Å²) in [5, 5.41) is 14.1. The largest absolute Gasteiger partial charge is 0.469 e. The van der Waals surface area contributed by atoms with E-state index in [4.69, 9.17) is 0 Å². The number of nitrogens with zero attached hydrogens (tertiary/aromatic N) is 1. The summed E-state index contributed by atoms with van der Waals surface area (Å²) >= 11 is 1.60. The third-order valence-electron chi connectivity index (χ3n) is 2.77. The van der Waals surface area contributed by atoms with Crippen molar-refractivity contribution in [2.45, 2.75) is 25.5 Å². The summed E-state index contributed by atoms with van der Waals surface area (Å²) in [7, 11) is 1.37. The van der Waals surface area contributed by atoms with Gasteiger partial charge in [-0.3, -0.25) is 14.9 Å². The predicted octanol–water partition coefficient (Wildman–Crippen LogP) is 3.21. The molecule has 0 atom stereocenters. The fourth-order valence-electron chi connectivity index (χ4n) is 1.68. The minimum absolute atomic E-state index is 0.0896. The summed E-state index contributed by atoms with van der Waals surface area (Å²) < 4.78 is 4.57. The average molecular weight is 312 g/mol. The van der Waals surface area contributed by atoms with Crippen LogP contribution in [0.1, 0.15) is 25.3 Å². The number of hydrogen-bond donors (Lipinski definition) is 1. The van der Waals surface area contributed by atoms with Crippen LogP contribution in [0.25, 0.3) is 0 Å². The second-order valence-electron chi connectivity index (χ2n) is 4.41. The normalized spacial score (nSPS) is 10.2. The summed E-state index contributed by atoms with van der Waals surface area (Å²) in [6.45, 7) is 2.70. The van der Waals surface area contributed by atoms with Gasteiger partial charge in [-0.25, -0.2) is 0 Å². The molecule has 0 saturated heterocycles. The zero-order chi connectivity index (χ0) is 15.7. The molecule has 1 rings (SSSR count). The monoisotopic (exact) mass is 312 g/mol. The van der Waals surface area contributed by atoms with Crippen LogP contribution >= 0.6 is 11.8 Å². The first kappa shape index (κ1) is 17.3. The van der Waals surface area contributed by atoms with Crippen molar-refractivity contribution < 1.29 is 14.5 Å². The third-order valence-corrected chi connectivity index (χ3v) is 3.80. The van der Waals surface area contributed by atoms with E-state index < -0.39 is 0 Å². The molecule has 0 aliphatic heterocycles. The average Bonchev–Trinajstić information content (AvgIpc) is 2.49. The van der Waals surface area contributed by atoms with Crippen molar-refractivity contribution in [3.63, 3.8) is 0 Å². The lowest BCUT2D eigenvalue weighted by Crippen LogP contribution is -2.04. The quantitative estimate of drug-likeness (QED) is 0.326. The van der Waals surface area contributed by atoms with E-state index in [2.05, 4.69) is 10.1 Å². The summed E-state index contributed by atoms with van der Waals surface area (Å²) in [6.07, 6.45) is 1.27. The topological polar surface area (TPSA) is 81.5 Å². The Kier molecular flexibility index (Phi) is 7.60. The van der Waals surface area contributed by atoms with Gasteiger partial charge in [-0.1, -0.05) is 13.0 Å². The number of nitrogens with one attached hydrogen (secondary N) is 1. The molecule has 1 aromatic rings. The standard InChI is InChI=1S/C14H20N2O4S/c1-3-7-15-12-9-11(4-5-13(12)16(18)19)10-21-8-6-14(17)20-2/h4-5,9,15H,3,6-8,10H2,1-2H3. The van der Waals surface area contributed by atoms with Crippen LogP contribution in [0, 0.1) is 10.1 Å². The summed E-state index contributed by atoms with van der Waals surface area (Å²) in [5.74, 6) is 1.15. The van der Waals surface area contributed by atoms with Crippen molar-refractivity contribution in [1.29, 1.82) is 0 Å². The Morgan fingerprint density at radius 2 is 2.24 bits per heavy atom. The number of rotatable bonds is 9. The van der Waals surface area contributed by atoms with Crippen molar-refractivity contribution in [2.24, 2.45) is 0 Å². The molecule has 0 saturated carbocycles. The number of carbonyl (C=O) groups is 1. The number of methoxy groups -OCH3 is 1. The second-order valence-corrected chi connectivity index (χ2v) is 5.52. The van der Waals surface area contributed by atoms with E-state index in [0.29, 0.717) is 30.2 Å². The van der Waals surface area contributed by atoms with E-state index in [9.17, 15) is 14.9 Å². The molecule has 1 N–H and O–H groups in total. The van der Waals surface area contributed by atoms with E-state index in [1.165, 1.54) is 13.2 Å². The number of esters is 1. The van der Waals surface area contributed by atoms with E-state index in [1.807, 2.05) is 6.92 Å². The van der Waals surface area contributed by atoms with Gasteiger partial charge in [0.2, 0.25) is 0 Å². The molecule has 0 heterocycles. The van der Waals surface area contributed by atoms with Gasteiger partial charge >= 0.3 is 5.97 Å². The summed E-state index contributed by atoms with van der Waals surface area (Å²) in [6, 6.07) is 5.08. The van der Waals surface area contributed by atoms with Crippen molar-refractivity contribution in [3.8, 4) is 0 Å². The van der Waals surface area contributed by atoms with Gasteiger partial charge in [0.25, 0.3) is 5.69 Å². The van der Waals surface area contributed by atoms with Crippen LogP contribution in [0.3, 0.4) is 0 Å². The van der Waals surface area contributed by atoms with Gasteiger partial charge in [-0.15, -0.1) is 0 Å². The minimum Gasteiger partial charge on any atom is -0.469 e. The van der Waals surface area contributed by atoms with Crippen molar-refractivity contribution in [2.75, 3.05) is 24.7 Å². The van der Waals surface area contributed by atoms with Gasteiger partial charge in [0.15, 0.2) is 0 Å². The van der Waals surface area contributed by atoms with Crippen molar-refractivity contribution in [3.05, 3.63) is 33.9 Å². The Hall–Kier alpha value is -1.76. The molecule has 21 heavy (non-hydrogen) atoms.